The molecule has 3 aliphatic rings. The van der Waals surface area contributed by atoms with Gasteiger partial charge in [-0.3, -0.25) is 4.79 Å². The van der Waals surface area contributed by atoms with Gasteiger partial charge in [-0.15, -0.1) is 0 Å². The molecule has 3 heteroatoms. The van der Waals surface area contributed by atoms with Gasteiger partial charge in [0.2, 0.25) is 0 Å². The number of carbonyl (C=O) groups excluding carboxylic acids is 1. The van der Waals surface area contributed by atoms with Crippen LogP contribution < -0.4 is 0 Å². The van der Waals surface area contributed by atoms with Crippen molar-refractivity contribution in [3.63, 3.8) is 0 Å². The Balaban J connectivity index is 1.56. The lowest BCUT2D eigenvalue weighted by Crippen LogP contribution is -2.42. The molecular weight excluding hydrogens is 387 g/mol. The van der Waals surface area contributed by atoms with Crippen molar-refractivity contribution >= 4 is 11.5 Å². The maximum Gasteiger partial charge on any atom is 0.309 e. The predicted molar refractivity (Wildman–Crippen MR) is 124 cm³/mol. The highest BCUT2D eigenvalue weighted by atomic mass is 19.1. The molecule has 4 rings (SSSR count). The summed E-state index contributed by atoms with van der Waals surface area (Å²) < 4.78 is 19.2. The van der Waals surface area contributed by atoms with Crippen molar-refractivity contribution in [3.05, 3.63) is 78.2 Å². The molecule has 3 fully saturated rings. The molecule has 2 aliphatic carbocycles. The minimum absolute atomic E-state index is 0.000413. The number of allylic oxidation sites excluding steroid dienone is 7. The number of hydrogen-bond donors (Lipinski definition) is 0. The molecule has 1 heterocycles. The van der Waals surface area contributed by atoms with Gasteiger partial charge in [-0.1, -0.05) is 73.9 Å². The fraction of sp³-hybridized carbons (Fsp3) is 0.464. The number of fused-ring (bicyclic) bond motifs is 2. The van der Waals surface area contributed by atoms with Crippen molar-refractivity contribution in [2.45, 2.75) is 52.1 Å². The van der Waals surface area contributed by atoms with Gasteiger partial charge in [0.05, 0.1) is 5.92 Å². The fourth-order valence-electron chi connectivity index (χ4n) is 6.08. The number of benzene rings is 1. The Morgan fingerprint density at radius 2 is 2.03 bits per heavy atom. The normalized spacial score (nSPS) is 33.7. The molecule has 4 unspecified atom stereocenters. The molecule has 0 spiro atoms. The Bertz CT molecular complexity index is 925. The van der Waals surface area contributed by atoms with E-state index in [0.29, 0.717) is 23.7 Å². The average Bonchev–Trinajstić information content (AvgIpc) is 3.05. The fourth-order valence-corrected chi connectivity index (χ4v) is 6.08. The van der Waals surface area contributed by atoms with Crippen LogP contribution in [0.15, 0.2) is 66.8 Å². The second-order valence-electron chi connectivity index (χ2n) is 9.45. The lowest BCUT2D eigenvalue weighted by atomic mass is 9.57. The van der Waals surface area contributed by atoms with E-state index in [1.54, 1.807) is 12.1 Å². The first-order valence-corrected chi connectivity index (χ1v) is 11.6. The second kappa shape index (κ2) is 9.38. The maximum absolute atomic E-state index is 13.6. The molecule has 1 aliphatic heterocycles. The van der Waals surface area contributed by atoms with Gasteiger partial charge in [-0.25, -0.2) is 4.39 Å². The molecule has 31 heavy (non-hydrogen) atoms. The highest BCUT2D eigenvalue weighted by Gasteiger charge is 2.53. The van der Waals surface area contributed by atoms with E-state index >= 15 is 0 Å². The molecule has 6 atom stereocenters. The summed E-state index contributed by atoms with van der Waals surface area (Å²) in [6, 6.07) is 6.57. The number of esters is 1. The summed E-state index contributed by atoms with van der Waals surface area (Å²) in [6.45, 7) is 8.02. The molecule has 0 N–H and O–H groups in total. The van der Waals surface area contributed by atoms with Crippen LogP contribution in [0.5, 0.6) is 0 Å². The predicted octanol–water partition coefficient (Wildman–Crippen LogP) is 6.90. The molecule has 0 bridgehead atoms. The third-order valence-corrected chi connectivity index (χ3v) is 7.56. The highest BCUT2D eigenvalue weighted by molar-refractivity contribution is 5.76. The van der Waals surface area contributed by atoms with Crippen LogP contribution in [0.1, 0.15) is 51.5 Å². The highest BCUT2D eigenvalue weighted by Crippen LogP contribution is 2.53. The van der Waals surface area contributed by atoms with Crippen LogP contribution in [0.25, 0.3) is 5.57 Å². The topological polar surface area (TPSA) is 26.3 Å². The first-order chi connectivity index (χ1) is 15.0. The van der Waals surface area contributed by atoms with E-state index in [1.807, 2.05) is 12.1 Å². The summed E-state index contributed by atoms with van der Waals surface area (Å²) in [5.74, 6) is 1.81. The number of ether oxygens (including phenoxy) is 1. The second-order valence-corrected chi connectivity index (χ2v) is 9.45. The van der Waals surface area contributed by atoms with E-state index in [1.165, 1.54) is 37.8 Å². The minimum Gasteiger partial charge on any atom is -0.462 e. The van der Waals surface area contributed by atoms with Gasteiger partial charge in [0.15, 0.2) is 0 Å². The number of carbonyl (C=O) groups is 1. The number of halogens is 1. The van der Waals surface area contributed by atoms with Crippen LogP contribution in [0.4, 0.5) is 4.39 Å². The molecular formula is C28H33FO2. The average molecular weight is 421 g/mol. The molecule has 0 radical (unpaired) electrons. The van der Waals surface area contributed by atoms with Crippen LogP contribution in [0.2, 0.25) is 0 Å². The number of cyclic esters (lactones) is 1. The van der Waals surface area contributed by atoms with Crippen molar-refractivity contribution in [1.82, 2.24) is 0 Å². The molecule has 1 aromatic carbocycles. The zero-order valence-corrected chi connectivity index (χ0v) is 18.6. The van der Waals surface area contributed by atoms with Crippen LogP contribution in [-0.4, -0.2) is 12.1 Å². The van der Waals surface area contributed by atoms with E-state index in [2.05, 4.69) is 38.7 Å². The summed E-state index contributed by atoms with van der Waals surface area (Å²) in [4.78, 5) is 12.4. The number of hydrogen-bond acceptors (Lipinski definition) is 2. The van der Waals surface area contributed by atoms with E-state index < -0.39 is 0 Å². The summed E-state index contributed by atoms with van der Waals surface area (Å²) >= 11 is 0. The summed E-state index contributed by atoms with van der Waals surface area (Å²) in [5, 5.41) is 0. The Kier molecular flexibility index (Phi) is 6.60. The molecule has 2 nitrogen and oxygen atoms in total. The quantitative estimate of drug-likeness (QED) is 0.382. The molecule has 0 aromatic heterocycles. The Morgan fingerprint density at radius 3 is 2.81 bits per heavy atom. The van der Waals surface area contributed by atoms with Crippen LogP contribution >= 0.6 is 0 Å². The molecule has 1 aromatic rings. The van der Waals surface area contributed by atoms with Crippen molar-refractivity contribution in [3.8, 4) is 0 Å². The summed E-state index contributed by atoms with van der Waals surface area (Å²) in [5.41, 5.74) is 2.84. The van der Waals surface area contributed by atoms with E-state index in [0.717, 1.165) is 23.1 Å². The molecule has 164 valence electrons. The lowest BCUT2D eigenvalue weighted by Gasteiger charge is -2.45. The van der Waals surface area contributed by atoms with Crippen LogP contribution in [0, 0.1) is 35.4 Å². The first kappa shape index (κ1) is 21.8. The van der Waals surface area contributed by atoms with Gasteiger partial charge >= 0.3 is 5.97 Å². The summed E-state index contributed by atoms with van der Waals surface area (Å²) in [7, 11) is 0. The lowest BCUT2D eigenvalue weighted by molar-refractivity contribution is -0.144. The van der Waals surface area contributed by atoms with E-state index in [9.17, 15) is 9.18 Å². The smallest absolute Gasteiger partial charge is 0.309 e. The van der Waals surface area contributed by atoms with Gasteiger partial charge in [0.25, 0.3) is 0 Å². The van der Waals surface area contributed by atoms with Crippen molar-refractivity contribution in [2.75, 3.05) is 0 Å². The Labute approximate surface area is 185 Å². The van der Waals surface area contributed by atoms with Crippen molar-refractivity contribution < 1.29 is 13.9 Å². The standard InChI is InChI=1S/C28H33FO2/c1-4-20(21-9-7-10-23(29)16-21)14-12-18(2)13-15-25-24-11-6-5-8-22(24)17-26-27(25)19(3)31-28(26)30/h4,7,9-10,12-16,19,22,24-27H,1,5-6,8,11,17H2,2-3H3/b15-13+,18-12+,20-14+/t19?,22-,24-,25?,26?,27?/m1/s1. The monoisotopic (exact) mass is 420 g/mol. The third kappa shape index (κ3) is 4.61. The minimum atomic E-state index is -0.248. The molecule has 2 saturated carbocycles. The van der Waals surface area contributed by atoms with Gasteiger partial charge < -0.3 is 4.74 Å². The van der Waals surface area contributed by atoms with Gasteiger partial charge in [-0.2, -0.15) is 0 Å². The zero-order valence-electron chi connectivity index (χ0n) is 18.6. The van der Waals surface area contributed by atoms with Gasteiger partial charge in [0.1, 0.15) is 11.9 Å². The first-order valence-electron chi connectivity index (χ1n) is 11.6. The Morgan fingerprint density at radius 1 is 1.23 bits per heavy atom. The van der Waals surface area contributed by atoms with Crippen molar-refractivity contribution in [1.29, 1.82) is 0 Å². The largest absolute Gasteiger partial charge is 0.462 e. The molecule has 1 saturated heterocycles. The van der Waals surface area contributed by atoms with Crippen LogP contribution in [-0.2, 0) is 9.53 Å². The zero-order chi connectivity index (χ0) is 22.0. The molecule has 0 amide bonds. The summed E-state index contributed by atoms with van der Waals surface area (Å²) in [6.07, 6.45) is 16.4. The van der Waals surface area contributed by atoms with Gasteiger partial charge in [-0.05, 0) is 67.7 Å². The van der Waals surface area contributed by atoms with E-state index in [4.69, 9.17) is 4.74 Å². The Hall–Kier alpha value is -2.42. The van der Waals surface area contributed by atoms with Crippen LogP contribution in [0.3, 0.4) is 0 Å². The third-order valence-electron chi connectivity index (χ3n) is 7.56. The van der Waals surface area contributed by atoms with Gasteiger partial charge in [0, 0.05) is 5.92 Å². The van der Waals surface area contributed by atoms with E-state index in [-0.39, 0.29) is 23.8 Å². The van der Waals surface area contributed by atoms with Crippen molar-refractivity contribution in [2.24, 2.45) is 29.6 Å². The SMILES string of the molecule is C=C\C(=C/C=C(C)/C=C/C1C2C(C)OC(=O)C2C[C@H]2CCCC[C@@H]12)c1cccc(F)c1. The maximum atomic E-state index is 13.6. The number of rotatable bonds is 5.